The number of hydrogen-bond acceptors (Lipinski definition) is 2. The molecular formula is C16H25BrN2O. The fourth-order valence-corrected chi connectivity index (χ4v) is 2.47. The molecule has 0 bridgehead atoms. The van der Waals surface area contributed by atoms with E-state index < -0.39 is 0 Å². The van der Waals surface area contributed by atoms with Gasteiger partial charge in [-0.1, -0.05) is 28.1 Å². The summed E-state index contributed by atoms with van der Waals surface area (Å²) in [5.74, 6) is 0.235. The minimum absolute atomic E-state index is 0.235. The van der Waals surface area contributed by atoms with Crippen molar-refractivity contribution in [2.75, 3.05) is 19.6 Å². The Kier molecular flexibility index (Phi) is 7.85. The Morgan fingerprint density at radius 1 is 1.25 bits per heavy atom. The molecule has 0 fully saturated rings. The molecule has 0 aliphatic heterocycles. The molecule has 0 aliphatic rings. The molecule has 0 saturated carbocycles. The van der Waals surface area contributed by atoms with Crippen molar-refractivity contribution in [1.29, 1.82) is 0 Å². The lowest BCUT2D eigenvalue weighted by atomic mass is 10.1. The fourth-order valence-electron chi connectivity index (χ4n) is 2.21. The van der Waals surface area contributed by atoms with E-state index in [2.05, 4.69) is 52.4 Å². The Balaban J connectivity index is 2.28. The summed E-state index contributed by atoms with van der Waals surface area (Å²) in [6, 6.07) is 8.76. The van der Waals surface area contributed by atoms with E-state index in [0.717, 1.165) is 30.5 Å². The number of halogens is 1. The minimum Gasteiger partial charge on any atom is -0.343 e. The van der Waals surface area contributed by atoms with Gasteiger partial charge < -0.3 is 10.2 Å². The van der Waals surface area contributed by atoms with Gasteiger partial charge in [-0.15, -0.1) is 0 Å². The largest absolute Gasteiger partial charge is 0.343 e. The van der Waals surface area contributed by atoms with Gasteiger partial charge in [0, 0.05) is 36.6 Å². The molecule has 1 aromatic rings. The molecule has 1 aromatic carbocycles. The lowest BCUT2D eigenvalue weighted by molar-refractivity contribution is -0.130. The molecule has 112 valence electrons. The number of rotatable bonds is 8. The van der Waals surface area contributed by atoms with E-state index in [1.165, 1.54) is 5.56 Å². The quantitative estimate of drug-likeness (QED) is 0.787. The van der Waals surface area contributed by atoms with Crippen molar-refractivity contribution >= 4 is 21.8 Å². The number of amides is 1. The minimum atomic E-state index is 0.235. The van der Waals surface area contributed by atoms with Gasteiger partial charge >= 0.3 is 0 Å². The SMILES string of the molecule is CCN(CC)C(=O)CCNC(C)Cc1ccc(Br)cc1. The van der Waals surface area contributed by atoms with E-state index in [-0.39, 0.29) is 5.91 Å². The third-order valence-corrected chi connectivity index (χ3v) is 3.93. The zero-order valence-electron chi connectivity index (χ0n) is 12.7. The molecule has 3 nitrogen and oxygen atoms in total. The summed E-state index contributed by atoms with van der Waals surface area (Å²) >= 11 is 3.44. The van der Waals surface area contributed by atoms with Gasteiger partial charge in [0.15, 0.2) is 0 Å². The Hall–Kier alpha value is -0.870. The highest BCUT2D eigenvalue weighted by Gasteiger charge is 2.09. The Labute approximate surface area is 130 Å². The van der Waals surface area contributed by atoms with Crippen LogP contribution in [0.15, 0.2) is 28.7 Å². The molecule has 0 aromatic heterocycles. The first-order valence-corrected chi connectivity index (χ1v) is 8.11. The van der Waals surface area contributed by atoms with Crippen molar-refractivity contribution in [3.8, 4) is 0 Å². The van der Waals surface area contributed by atoms with Gasteiger partial charge in [-0.3, -0.25) is 4.79 Å². The maximum atomic E-state index is 11.9. The Morgan fingerprint density at radius 2 is 1.85 bits per heavy atom. The average molecular weight is 341 g/mol. The summed E-state index contributed by atoms with van der Waals surface area (Å²) in [6.45, 7) is 8.53. The third-order valence-electron chi connectivity index (χ3n) is 3.40. The summed E-state index contributed by atoms with van der Waals surface area (Å²) in [4.78, 5) is 13.7. The zero-order chi connectivity index (χ0) is 15.0. The highest BCUT2D eigenvalue weighted by molar-refractivity contribution is 9.10. The van der Waals surface area contributed by atoms with Crippen LogP contribution in [0.25, 0.3) is 0 Å². The number of nitrogens with one attached hydrogen (secondary N) is 1. The molecule has 1 unspecified atom stereocenters. The van der Waals surface area contributed by atoms with Gasteiger partial charge in [0.1, 0.15) is 0 Å². The monoisotopic (exact) mass is 340 g/mol. The molecule has 20 heavy (non-hydrogen) atoms. The van der Waals surface area contributed by atoms with Crippen LogP contribution in [0.2, 0.25) is 0 Å². The summed E-state index contributed by atoms with van der Waals surface area (Å²) in [7, 11) is 0. The number of hydrogen-bond donors (Lipinski definition) is 1. The second-order valence-corrected chi connectivity index (χ2v) is 5.92. The van der Waals surface area contributed by atoms with E-state index in [1.807, 2.05) is 18.7 Å². The van der Waals surface area contributed by atoms with Gasteiger partial charge in [0.05, 0.1) is 0 Å². The molecule has 1 atom stereocenters. The average Bonchev–Trinajstić information content (AvgIpc) is 2.43. The number of nitrogens with zero attached hydrogens (tertiary/aromatic N) is 1. The van der Waals surface area contributed by atoms with Gasteiger partial charge in [0.2, 0.25) is 5.91 Å². The van der Waals surface area contributed by atoms with Crippen molar-refractivity contribution in [1.82, 2.24) is 10.2 Å². The van der Waals surface area contributed by atoms with Crippen LogP contribution in [0.5, 0.6) is 0 Å². The maximum Gasteiger partial charge on any atom is 0.223 e. The normalized spacial score (nSPS) is 12.2. The maximum absolute atomic E-state index is 11.9. The van der Waals surface area contributed by atoms with Crippen LogP contribution in [0, 0.1) is 0 Å². The zero-order valence-corrected chi connectivity index (χ0v) is 14.2. The van der Waals surface area contributed by atoms with Crippen molar-refractivity contribution in [2.45, 2.75) is 39.7 Å². The first-order chi connectivity index (χ1) is 9.56. The number of carbonyl (C=O) groups excluding carboxylic acids is 1. The molecule has 4 heteroatoms. The molecule has 0 saturated heterocycles. The van der Waals surface area contributed by atoms with Crippen LogP contribution >= 0.6 is 15.9 Å². The van der Waals surface area contributed by atoms with E-state index in [4.69, 9.17) is 0 Å². The van der Waals surface area contributed by atoms with Crippen molar-refractivity contribution in [3.05, 3.63) is 34.3 Å². The first-order valence-electron chi connectivity index (χ1n) is 7.32. The van der Waals surface area contributed by atoms with Gasteiger partial charge in [-0.05, 0) is 44.9 Å². The summed E-state index contributed by atoms with van der Waals surface area (Å²) in [5, 5.41) is 3.42. The predicted octanol–water partition coefficient (Wildman–Crippen LogP) is 3.23. The van der Waals surface area contributed by atoms with Crippen LogP contribution in [0.1, 0.15) is 32.8 Å². The summed E-state index contributed by atoms with van der Waals surface area (Å²) in [6.07, 6.45) is 1.55. The van der Waals surface area contributed by atoms with Crippen LogP contribution in [0.4, 0.5) is 0 Å². The molecule has 0 radical (unpaired) electrons. The van der Waals surface area contributed by atoms with Crippen molar-refractivity contribution < 1.29 is 4.79 Å². The lowest BCUT2D eigenvalue weighted by Gasteiger charge is -2.19. The van der Waals surface area contributed by atoms with Crippen LogP contribution in [-0.4, -0.2) is 36.5 Å². The lowest BCUT2D eigenvalue weighted by Crippen LogP contribution is -2.35. The standard InChI is InChI=1S/C16H25BrN2O/c1-4-19(5-2)16(20)10-11-18-13(3)12-14-6-8-15(17)9-7-14/h6-9,13,18H,4-5,10-12H2,1-3H3. The molecule has 1 amide bonds. The molecule has 1 N–H and O–H groups in total. The topological polar surface area (TPSA) is 32.3 Å². The second kappa shape index (κ2) is 9.14. The first kappa shape index (κ1) is 17.2. The molecule has 0 spiro atoms. The summed E-state index contributed by atoms with van der Waals surface area (Å²) in [5.41, 5.74) is 1.31. The van der Waals surface area contributed by atoms with Crippen LogP contribution < -0.4 is 5.32 Å². The Bertz CT molecular complexity index is 401. The number of carbonyl (C=O) groups is 1. The van der Waals surface area contributed by atoms with Crippen LogP contribution in [-0.2, 0) is 11.2 Å². The molecule has 0 heterocycles. The molecule has 0 aliphatic carbocycles. The van der Waals surface area contributed by atoms with Crippen molar-refractivity contribution in [3.63, 3.8) is 0 Å². The number of benzene rings is 1. The highest BCUT2D eigenvalue weighted by atomic mass is 79.9. The van der Waals surface area contributed by atoms with Crippen LogP contribution in [0.3, 0.4) is 0 Å². The van der Waals surface area contributed by atoms with E-state index >= 15 is 0 Å². The van der Waals surface area contributed by atoms with E-state index in [9.17, 15) is 4.79 Å². The van der Waals surface area contributed by atoms with Crippen molar-refractivity contribution in [2.24, 2.45) is 0 Å². The molecule has 1 rings (SSSR count). The van der Waals surface area contributed by atoms with Gasteiger partial charge in [-0.2, -0.15) is 0 Å². The van der Waals surface area contributed by atoms with E-state index in [0.29, 0.717) is 12.5 Å². The van der Waals surface area contributed by atoms with E-state index in [1.54, 1.807) is 0 Å². The highest BCUT2D eigenvalue weighted by Crippen LogP contribution is 2.11. The Morgan fingerprint density at radius 3 is 2.40 bits per heavy atom. The fraction of sp³-hybridized carbons (Fsp3) is 0.562. The smallest absolute Gasteiger partial charge is 0.223 e. The second-order valence-electron chi connectivity index (χ2n) is 5.00. The third kappa shape index (κ3) is 6.06. The predicted molar refractivity (Wildman–Crippen MR) is 87.9 cm³/mol. The summed E-state index contributed by atoms with van der Waals surface area (Å²) < 4.78 is 1.10. The van der Waals surface area contributed by atoms with Gasteiger partial charge in [-0.25, -0.2) is 0 Å². The molecular weight excluding hydrogens is 316 g/mol. The van der Waals surface area contributed by atoms with Gasteiger partial charge in [0.25, 0.3) is 0 Å².